The van der Waals surface area contributed by atoms with Crippen molar-refractivity contribution < 1.29 is 4.79 Å². The highest BCUT2D eigenvalue weighted by molar-refractivity contribution is 5.83. The number of carbonyl (C=O) groups is 1. The number of rotatable bonds is 0. The van der Waals surface area contributed by atoms with E-state index in [1.54, 1.807) is 5.57 Å². The number of Topliss-reactive ketones (excluding diaryl/α,β-unsaturated/α-hetero) is 1. The Morgan fingerprint density at radius 1 is 1.33 bits per heavy atom. The van der Waals surface area contributed by atoms with Crippen molar-refractivity contribution in [1.29, 1.82) is 0 Å². The molecule has 0 radical (unpaired) electrons. The molecule has 2 aliphatic rings. The van der Waals surface area contributed by atoms with Crippen LogP contribution in [0.2, 0.25) is 0 Å². The molecule has 0 fully saturated rings. The van der Waals surface area contributed by atoms with Crippen LogP contribution in [0.15, 0.2) is 11.1 Å². The molecule has 0 saturated heterocycles. The zero-order valence-corrected chi connectivity index (χ0v) is 7.52. The molecule has 1 atom stereocenters. The van der Waals surface area contributed by atoms with Crippen molar-refractivity contribution in [2.24, 2.45) is 0 Å². The summed E-state index contributed by atoms with van der Waals surface area (Å²) in [6.07, 6.45) is 3.68. The smallest absolute Gasteiger partial charge is 0.137 e. The number of nitrogens with one attached hydrogen (secondary N) is 1. The molecule has 0 bridgehead atoms. The summed E-state index contributed by atoms with van der Waals surface area (Å²) in [5.41, 5.74) is 2.94. The highest BCUT2D eigenvalue weighted by atomic mass is 16.1. The Kier molecular flexibility index (Phi) is 2.01. The highest BCUT2D eigenvalue weighted by Gasteiger charge is 2.24. The topological polar surface area (TPSA) is 29.1 Å². The third-order valence-electron chi connectivity index (χ3n) is 2.95. The normalized spacial score (nSPS) is 30.4. The molecule has 0 aromatic heterocycles. The van der Waals surface area contributed by atoms with E-state index >= 15 is 0 Å². The van der Waals surface area contributed by atoms with Gasteiger partial charge in [-0.1, -0.05) is 5.57 Å². The largest absolute Gasteiger partial charge is 0.310 e. The predicted octanol–water partition coefficient (Wildman–Crippen LogP) is 1.42. The van der Waals surface area contributed by atoms with Gasteiger partial charge in [-0.2, -0.15) is 0 Å². The van der Waals surface area contributed by atoms with E-state index in [-0.39, 0.29) is 0 Å². The maximum atomic E-state index is 11.2. The predicted molar refractivity (Wildman–Crippen MR) is 48.0 cm³/mol. The lowest BCUT2D eigenvalue weighted by Gasteiger charge is -2.30. The van der Waals surface area contributed by atoms with Crippen LogP contribution in [0.5, 0.6) is 0 Å². The van der Waals surface area contributed by atoms with E-state index in [4.69, 9.17) is 0 Å². The fourth-order valence-electron chi connectivity index (χ4n) is 2.18. The van der Waals surface area contributed by atoms with Gasteiger partial charge in [-0.3, -0.25) is 4.79 Å². The number of hydrogen-bond acceptors (Lipinski definition) is 2. The molecular formula is C10H15NO. The van der Waals surface area contributed by atoms with Gasteiger partial charge in [0, 0.05) is 18.9 Å². The second-order valence-electron chi connectivity index (χ2n) is 3.77. The molecule has 0 spiro atoms. The maximum Gasteiger partial charge on any atom is 0.137 e. The van der Waals surface area contributed by atoms with E-state index in [1.807, 2.05) is 0 Å². The Morgan fingerprint density at radius 2 is 2.17 bits per heavy atom. The van der Waals surface area contributed by atoms with Gasteiger partial charge in [0.25, 0.3) is 0 Å². The first kappa shape index (κ1) is 7.99. The minimum atomic E-state index is 0.421. The molecule has 2 heteroatoms. The van der Waals surface area contributed by atoms with Crippen molar-refractivity contribution in [2.75, 3.05) is 6.54 Å². The van der Waals surface area contributed by atoms with Gasteiger partial charge in [0.2, 0.25) is 0 Å². The van der Waals surface area contributed by atoms with E-state index in [2.05, 4.69) is 12.2 Å². The zero-order valence-electron chi connectivity index (χ0n) is 7.52. The summed E-state index contributed by atoms with van der Waals surface area (Å²) in [7, 11) is 0. The van der Waals surface area contributed by atoms with Crippen LogP contribution in [0.3, 0.4) is 0 Å². The minimum Gasteiger partial charge on any atom is -0.310 e. The first-order valence-corrected chi connectivity index (χ1v) is 4.73. The van der Waals surface area contributed by atoms with Crippen LogP contribution in [0.4, 0.5) is 0 Å². The Labute approximate surface area is 73.0 Å². The average molecular weight is 165 g/mol. The van der Waals surface area contributed by atoms with Gasteiger partial charge in [-0.15, -0.1) is 0 Å². The molecule has 0 amide bonds. The Hall–Kier alpha value is -0.630. The average Bonchev–Trinajstić information content (AvgIpc) is 2.07. The van der Waals surface area contributed by atoms with Gasteiger partial charge < -0.3 is 5.32 Å². The summed E-state index contributed by atoms with van der Waals surface area (Å²) in [5.74, 6) is 0.421. The van der Waals surface area contributed by atoms with Crippen molar-refractivity contribution >= 4 is 5.78 Å². The molecule has 12 heavy (non-hydrogen) atoms. The van der Waals surface area contributed by atoms with Crippen molar-refractivity contribution in [3.05, 3.63) is 11.1 Å². The summed E-state index contributed by atoms with van der Waals surface area (Å²) in [4.78, 5) is 11.2. The van der Waals surface area contributed by atoms with Crippen LogP contribution in [0.1, 0.15) is 32.6 Å². The second kappa shape index (κ2) is 3.02. The molecule has 66 valence electrons. The third-order valence-corrected chi connectivity index (χ3v) is 2.95. The van der Waals surface area contributed by atoms with Gasteiger partial charge in [0.1, 0.15) is 5.78 Å². The molecule has 1 unspecified atom stereocenters. The molecule has 2 rings (SSSR count). The lowest BCUT2D eigenvalue weighted by molar-refractivity contribution is -0.118. The molecule has 0 aromatic rings. The van der Waals surface area contributed by atoms with Crippen LogP contribution in [0, 0.1) is 0 Å². The zero-order chi connectivity index (χ0) is 8.55. The molecular weight excluding hydrogens is 150 g/mol. The monoisotopic (exact) mass is 165 g/mol. The fraction of sp³-hybridized carbons (Fsp3) is 0.700. The maximum absolute atomic E-state index is 11.2. The van der Waals surface area contributed by atoms with Gasteiger partial charge in [0.05, 0.1) is 0 Å². The van der Waals surface area contributed by atoms with Crippen LogP contribution in [-0.4, -0.2) is 18.4 Å². The summed E-state index contributed by atoms with van der Waals surface area (Å²) < 4.78 is 0. The summed E-state index contributed by atoms with van der Waals surface area (Å²) >= 11 is 0. The quantitative estimate of drug-likeness (QED) is 0.550. The van der Waals surface area contributed by atoms with Crippen LogP contribution in [-0.2, 0) is 4.79 Å². The van der Waals surface area contributed by atoms with E-state index in [1.165, 1.54) is 5.57 Å². The second-order valence-corrected chi connectivity index (χ2v) is 3.77. The Balaban J connectivity index is 2.24. The van der Waals surface area contributed by atoms with E-state index in [0.717, 1.165) is 25.8 Å². The summed E-state index contributed by atoms with van der Waals surface area (Å²) in [6.45, 7) is 3.25. The van der Waals surface area contributed by atoms with Crippen molar-refractivity contribution in [1.82, 2.24) is 5.32 Å². The third kappa shape index (κ3) is 1.31. The van der Waals surface area contributed by atoms with Gasteiger partial charge in [0.15, 0.2) is 0 Å². The first-order valence-electron chi connectivity index (χ1n) is 4.73. The first-order chi connectivity index (χ1) is 5.77. The van der Waals surface area contributed by atoms with Crippen LogP contribution in [0.25, 0.3) is 0 Å². The Bertz CT molecular complexity index is 242. The van der Waals surface area contributed by atoms with E-state index < -0.39 is 0 Å². The number of hydrogen-bond donors (Lipinski definition) is 1. The van der Waals surface area contributed by atoms with Gasteiger partial charge >= 0.3 is 0 Å². The summed E-state index contributed by atoms with van der Waals surface area (Å²) in [5, 5.41) is 3.39. The molecule has 2 nitrogen and oxygen atoms in total. The molecule has 1 aliphatic heterocycles. The summed E-state index contributed by atoms with van der Waals surface area (Å²) in [6, 6.07) is 0.443. The molecule has 0 aromatic carbocycles. The highest BCUT2D eigenvalue weighted by Crippen LogP contribution is 2.29. The SMILES string of the molecule is CC1NCCC2=C1CC(=O)CC2. The van der Waals surface area contributed by atoms with Crippen LogP contribution >= 0.6 is 0 Å². The number of carbonyl (C=O) groups excluding carboxylic acids is 1. The standard InChI is InChI=1S/C10H15NO/c1-7-10-6-9(12)3-2-8(10)4-5-11-7/h7,11H,2-6H2,1H3. The molecule has 0 saturated carbocycles. The van der Waals surface area contributed by atoms with Gasteiger partial charge in [-0.05, 0) is 31.9 Å². The van der Waals surface area contributed by atoms with Crippen molar-refractivity contribution in [3.8, 4) is 0 Å². The van der Waals surface area contributed by atoms with Crippen LogP contribution < -0.4 is 5.32 Å². The lowest BCUT2D eigenvalue weighted by Crippen LogP contribution is -2.36. The molecule has 1 aliphatic carbocycles. The van der Waals surface area contributed by atoms with Gasteiger partial charge in [-0.25, -0.2) is 0 Å². The minimum absolute atomic E-state index is 0.421. The molecule has 1 N–H and O–H groups in total. The van der Waals surface area contributed by atoms with E-state index in [9.17, 15) is 4.79 Å². The lowest BCUT2D eigenvalue weighted by atomic mass is 9.83. The van der Waals surface area contributed by atoms with Crippen molar-refractivity contribution in [3.63, 3.8) is 0 Å². The Morgan fingerprint density at radius 3 is 3.00 bits per heavy atom. The van der Waals surface area contributed by atoms with Crippen molar-refractivity contribution in [2.45, 2.75) is 38.6 Å². The molecule has 1 heterocycles. The fourth-order valence-corrected chi connectivity index (χ4v) is 2.18. The van der Waals surface area contributed by atoms with E-state index in [0.29, 0.717) is 18.2 Å². The number of ketones is 1.